The van der Waals surface area contributed by atoms with E-state index in [0.717, 1.165) is 15.7 Å². The number of nitrogens with one attached hydrogen (secondary N) is 1. The summed E-state index contributed by atoms with van der Waals surface area (Å²) in [7, 11) is 0. The lowest BCUT2D eigenvalue weighted by atomic mass is 10.2. The Balaban J connectivity index is 1.83. The number of ether oxygens (including phenoxy) is 1. The lowest BCUT2D eigenvalue weighted by Gasteiger charge is -2.12. The first-order valence-corrected chi connectivity index (χ1v) is 6.83. The molecule has 102 valence electrons. The largest absolute Gasteiger partial charge is 0.448 e. The predicted molar refractivity (Wildman–Crippen MR) is 75.0 cm³/mol. The molecule has 0 aliphatic carbocycles. The van der Waals surface area contributed by atoms with Crippen molar-refractivity contribution in [1.82, 2.24) is 4.90 Å². The summed E-state index contributed by atoms with van der Waals surface area (Å²) in [5.74, 6) is -0.110. The van der Waals surface area contributed by atoms with E-state index < -0.39 is 0 Å². The zero-order valence-corrected chi connectivity index (χ0v) is 12.2. The van der Waals surface area contributed by atoms with Crippen molar-refractivity contribution in [1.29, 1.82) is 0 Å². The second kappa shape index (κ2) is 6.06. The van der Waals surface area contributed by atoms with E-state index in [1.165, 1.54) is 4.90 Å². The van der Waals surface area contributed by atoms with Gasteiger partial charge in [0.15, 0.2) is 0 Å². The standard InChI is InChI=1S/C13H15BrN2O3/c1-9-8-10(2-3-11(9)14)15-12(17)4-5-16-6-7-19-13(16)18/h2-3,8H,4-7H2,1H3,(H,15,17). The van der Waals surface area contributed by atoms with Crippen LogP contribution in [0.1, 0.15) is 12.0 Å². The molecular formula is C13H15BrN2O3. The van der Waals surface area contributed by atoms with Crippen molar-refractivity contribution >= 4 is 33.6 Å². The average molecular weight is 327 g/mol. The zero-order chi connectivity index (χ0) is 13.8. The summed E-state index contributed by atoms with van der Waals surface area (Å²) >= 11 is 3.41. The number of benzene rings is 1. The first-order chi connectivity index (χ1) is 9.06. The minimum absolute atomic E-state index is 0.110. The fraction of sp³-hybridized carbons (Fsp3) is 0.385. The van der Waals surface area contributed by atoms with Gasteiger partial charge < -0.3 is 15.0 Å². The second-order valence-electron chi connectivity index (χ2n) is 4.36. The maximum absolute atomic E-state index is 11.8. The van der Waals surface area contributed by atoms with E-state index in [1.807, 2.05) is 25.1 Å². The Morgan fingerprint density at radius 1 is 1.53 bits per heavy atom. The molecule has 2 rings (SSSR count). The Labute approximate surface area is 120 Å². The molecule has 0 bridgehead atoms. The van der Waals surface area contributed by atoms with Crippen molar-refractivity contribution in [2.24, 2.45) is 0 Å². The second-order valence-corrected chi connectivity index (χ2v) is 5.22. The number of hydrogen-bond donors (Lipinski definition) is 1. The summed E-state index contributed by atoms with van der Waals surface area (Å²) < 4.78 is 5.80. The molecule has 0 spiro atoms. The van der Waals surface area contributed by atoms with E-state index in [1.54, 1.807) is 0 Å². The molecule has 1 aliphatic rings. The van der Waals surface area contributed by atoms with Crippen LogP contribution in [-0.4, -0.2) is 36.6 Å². The molecule has 0 atom stereocenters. The zero-order valence-electron chi connectivity index (χ0n) is 10.6. The number of nitrogens with zero attached hydrogens (tertiary/aromatic N) is 1. The molecule has 1 N–H and O–H groups in total. The Morgan fingerprint density at radius 3 is 2.95 bits per heavy atom. The fourth-order valence-electron chi connectivity index (χ4n) is 1.81. The van der Waals surface area contributed by atoms with Gasteiger partial charge in [-0.25, -0.2) is 4.79 Å². The third-order valence-electron chi connectivity index (χ3n) is 2.90. The number of hydrogen-bond acceptors (Lipinski definition) is 3. The van der Waals surface area contributed by atoms with Gasteiger partial charge in [-0.15, -0.1) is 0 Å². The maximum atomic E-state index is 11.8. The number of rotatable bonds is 4. The average Bonchev–Trinajstić information content (AvgIpc) is 2.77. The third-order valence-corrected chi connectivity index (χ3v) is 3.79. The summed E-state index contributed by atoms with van der Waals surface area (Å²) in [6.45, 7) is 3.32. The van der Waals surface area contributed by atoms with Crippen molar-refractivity contribution in [2.75, 3.05) is 25.0 Å². The van der Waals surface area contributed by atoms with Crippen LogP contribution in [0.3, 0.4) is 0 Å². The highest BCUT2D eigenvalue weighted by Gasteiger charge is 2.22. The smallest absolute Gasteiger partial charge is 0.409 e. The highest BCUT2D eigenvalue weighted by molar-refractivity contribution is 9.10. The van der Waals surface area contributed by atoms with Gasteiger partial charge in [-0.05, 0) is 30.7 Å². The van der Waals surface area contributed by atoms with Gasteiger partial charge in [-0.3, -0.25) is 4.79 Å². The quantitative estimate of drug-likeness (QED) is 0.924. The molecule has 0 aromatic heterocycles. The Bertz CT molecular complexity index is 505. The normalized spacial score (nSPS) is 14.4. The van der Waals surface area contributed by atoms with Crippen LogP contribution in [0.25, 0.3) is 0 Å². The van der Waals surface area contributed by atoms with Crippen LogP contribution in [0.2, 0.25) is 0 Å². The number of carbonyl (C=O) groups excluding carboxylic acids is 2. The van der Waals surface area contributed by atoms with Crippen molar-refractivity contribution < 1.29 is 14.3 Å². The highest BCUT2D eigenvalue weighted by Crippen LogP contribution is 2.20. The number of amides is 2. The number of carbonyl (C=O) groups is 2. The third kappa shape index (κ3) is 3.70. The molecule has 5 nitrogen and oxygen atoms in total. The molecule has 1 heterocycles. The minimum atomic E-state index is -0.340. The molecule has 1 fully saturated rings. The van der Waals surface area contributed by atoms with Gasteiger partial charge in [0.25, 0.3) is 0 Å². The summed E-state index contributed by atoms with van der Waals surface area (Å²) in [6.07, 6.45) is -0.0724. The Hall–Kier alpha value is -1.56. The summed E-state index contributed by atoms with van der Waals surface area (Å²) in [6, 6.07) is 5.62. The van der Waals surface area contributed by atoms with Gasteiger partial charge >= 0.3 is 6.09 Å². The van der Waals surface area contributed by atoms with Crippen LogP contribution in [0, 0.1) is 6.92 Å². The van der Waals surface area contributed by atoms with Crippen LogP contribution in [-0.2, 0) is 9.53 Å². The molecule has 2 amide bonds. The number of cyclic esters (lactones) is 1. The monoisotopic (exact) mass is 326 g/mol. The van der Waals surface area contributed by atoms with Crippen LogP contribution in [0.15, 0.2) is 22.7 Å². The van der Waals surface area contributed by atoms with E-state index in [4.69, 9.17) is 4.74 Å². The van der Waals surface area contributed by atoms with Crippen LogP contribution in [0.5, 0.6) is 0 Å². The van der Waals surface area contributed by atoms with Gasteiger partial charge in [0, 0.05) is 23.1 Å². The molecular weight excluding hydrogens is 312 g/mol. The molecule has 19 heavy (non-hydrogen) atoms. The molecule has 0 unspecified atom stereocenters. The number of halogens is 1. The van der Waals surface area contributed by atoms with E-state index >= 15 is 0 Å². The first kappa shape index (κ1) is 13.9. The van der Waals surface area contributed by atoms with Crippen LogP contribution in [0.4, 0.5) is 10.5 Å². The molecule has 1 saturated heterocycles. The molecule has 0 radical (unpaired) electrons. The summed E-state index contributed by atoms with van der Waals surface area (Å²) in [5, 5.41) is 2.81. The van der Waals surface area contributed by atoms with Crippen molar-refractivity contribution in [3.63, 3.8) is 0 Å². The van der Waals surface area contributed by atoms with Gasteiger partial charge in [0.05, 0.1) is 6.54 Å². The molecule has 1 aliphatic heterocycles. The highest BCUT2D eigenvalue weighted by atomic mass is 79.9. The maximum Gasteiger partial charge on any atom is 0.409 e. The molecule has 1 aromatic carbocycles. The van der Waals surface area contributed by atoms with Crippen molar-refractivity contribution in [3.05, 3.63) is 28.2 Å². The van der Waals surface area contributed by atoms with Crippen LogP contribution >= 0.6 is 15.9 Å². The number of anilines is 1. The summed E-state index contributed by atoms with van der Waals surface area (Å²) in [5.41, 5.74) is 1.82. The number of aryl methyl sites for hydroxylation is 1. The van der Waals surface area contributed by atoms with Crippen molar-refractivity contribution in [2.45, 2.75) is 13.3 Å². The minimum Gasteiger partial charge on any atom is -0.448 e. The van der Waals surface area contributed by atoms with Gasteiger partial charge in [0.1, 0.15) is 6.61 Å². The van der Waals surface area contributed by atoms with E-state index in [-0.39, 0.29) is 18.4 Å². The lowest BCUT2D eigenvalue weighted by Crippen LogP contribution is -2.28. The Morgan fingerprint density at radius 2 is 2.32 bits per heavy atom. The van der Waals surface area contributed by atoms with Gasteiger partial charge in [-0.2, -0.15) is 0 Å². The topological polar surface area (TPSA) is 58.6 Å². The van der Waals surface area contributed by atoms with E-state index in [2.05, 4.69) is 21.2 Å². The SMILES string of the molecule is Cc1cc(NC(=O)CCN2CCOC2=O)ccc1Br. The Kier molecular flexibility index (Phi) is 4.42. The van der Waals surface area contributed by atoms with E-state index in [0.29, 0.717) is 19.7 Å². The molecule has 0 saturated carbocycles. The predicted octanol–water partition coefficient (Wildman–Crippen LogP) is 2.54. The molecule has 6 heteroatoms. The van der Waals surface area contributed by atoms with Gasteiger partial charge in [-0.1, -0.05) is 15.9 Å². The first-order valence-electron chi connectivity index (χ1n) is 6.04. The van der Waals surface area contributed by atoms with E-state index in [9.17, 15) is 9.59 Å². The van der Waals surface area contributed by atoms with Gasteiger partial charge in [0.2, 0.25) is 5.91 Å². The van der Waals surface area contributed by atoms with Crippen molar-refractivity contribution in [3.8, 4) is 0 Å². The fourth-order valence-corrected chi connectivity index (χ4v) is 2.06. The lowest BCUT2D eigenvalue weighted by molar-refractivity contribution is -0.116. The van der Waals surface area contributed by atoms with Crippen LogP contribution < -0.4 is 5.32 Å². The summed E-state index contributed by atoms with van der Waals surface area (Å²) in [4.78, 5) is 24.5. The molecule has 1 aromatic rings.